The summed E-state index contributed by atoms with van der Waals surface area (Å²) in [5, 5.41) is 16.4. The molecule has 0 saturated carbocycles. The number of aryl methyl sites for hydroxylation is 1. The van der Waals surface area contributed by atoms with E-state index in [1.807, 2.05) is 75.4 Å². The molecule has 3 aromatic rings. The van der Waals surface area contributed by atoms with Crippen molar-refractivity contribution in [2.75, 3.05) is 10.6 Å². The predicted molar refractivity (Wildman–Crippen MR) is 141 cm³/mol. The van der Waals surface area contributed by atoms with Gasteiger partial charge in [-0.2, -0.15) is 0 Å². The van der Waals surface area contributed by atoms with E-state index in [1.54, 1.807) is 13.0 Å². The largest absolute Gasteiger partial charge is 0.326 e. The first-order valence-corrected chi connectivity index (χ1v) is 12.1. The van der Waals surface area contributed by atoms with Gasteiger partial charge in [0.05, 0.1) is 10.6 Å². The van der Waals surface area contributed by atoms with E-state index in [0.29, 0.717) is 17.8 Å². The highest BCUT2D eigenvalue weighted by Crippen LogP contribution is 2.37. The van der Waals surface area contributed by atoms with Crippen LogP contribution in [0.15, 0.2) is 77.7 Å². The van der Waals surface area contributed by atoms with Crippen molar-refractivity contribution in [2.24, 2.45) is 5.41 Å². The highest BCUT2D eigenvalue weighted by atomic mass is 32.2. The summed E-state index contributed by atoms with van der Waals surface area (Å²) in [6.45, 7) is 7.80. The van der Waals surface area contributed by atoms with Crippen molar-refractivity contribution in [3.8, 4) is 0 Å². The van der Waals surface area contributed by atoms with Crippen molar-refractivity contribution in [1.82, 2.24) is 0 Å². The van der Waals surface area contributed by atoms with Crippen LogP contribution in [0.1, 0.15) is 43.6 Å². The summed E-state index contributed by atoms with van der Waals surface area (Å²) in [6, 6.07) is 21.1. The van der Waals surface area contributed by atoms with Crippen LogP contribution in [0.4, 0.5) is 17.1 Å². The fourth-order valence-corrected chi connectivity index (χ4v) is 4.51. The van der Waals surface area contributed by atoms with Gasteiger partial charge in [-0.05, 0) is 41.7 Å². The highest BCUT2D eigenvalue weighted by molar-refractivity contribution is 8.00. The van der Waals surface area contributed by atoms with Gasteiger partial charge in [-0.1, -0.05) is 63.2 Å². The van der Waals surface area contributed by atoms with Gasteiger partial charge in [0.25, 0.3) is 5.69 Å². The lowest BCUT2D eigenvalue weighted by molar-refractivity contribution is -0.384. The minimum Gasteiger partial charge on any atom is -0.326 e. The fourth-order valence-electron chi connectivity index (χ4n) is 3.43. The molecule has 0 aliphatic carbocycles. The summed E-state index contributed by atoms with van der Waals surface area (Å²) < 4.78 is 0. The lowest BCUT2D eigenvalue weighted by Gasteiger charge is -2.19. The number of hydrogen-bond acceptors (Lipinski definition) is 5. The van der Waals surface area contributed by atoms with Crippen molar-refractivity contribution < 1.29 is 14.5 Å². The molecule has 0 fully saturated rings. The molecule has 0 bridgehead atoms. The van der Waals surface area contributed by atoms with Crippen LogP contribution in [0.3, 0.4) is 0 Å². The summed E-state index contributed by atoms with van der Waals surface area (Å²) >= 11 is 1.34. The molecule has 0 heterocycles. The number of carbonyl (C=O) groups excluding carboxylic acids is 2. The predicted octanol–water partition coefficient (Wildman–Crippen LogP) is 6.75. The maximum atomic E-state index is 13.4. The number of non-ortho nitro benzene ring substituents is 1. The molecule has 3 rings (SSSR count). The molecular weight excluding hydrogens is 462 g/mol. The molecule has 0 aliphatic heterocycles. The molecule has 35 heavy (non-hydrogen) atoms. The van der Waals surface area contributed by atoms with Crippen LogP contribution in [0.5, 0.6) is 0 Å². The molecule has 0 spiro atoms. The Labute approximate surface area is 209 Å². The highest BCUT2D eigenvalue weighted by Gasteiger charge is 2.24. The fraction of sp³-hybridized carbons (Fsp3) is 0.259. The molecular formula is C27H29N3O4S. The Hall–Kier alpha value is -3.65. The second kappa shape index (κ2) is 11.2. The van der Waals surface area contributed by atoms with Crippen molar-refractivity contribution >= 4 is 40.6 Å². The Kier molecular flexibility index (Phi) is 8.30. The van der Waals surface area contributed by atoms with E-state index in [-0.39, 0.29) is 22.9 Å². The number of nitro benzene ring substituents is 1. The van der Waals surface area contributed by atoms with Gasteiger partial charge in [0.2, 0.25) is 11.8 Å². The van der Waals surface area contributed by atoms with Gasteiger partial charge >= 0.3 is 0 Å². The zero-order chi connectivity index (χ0) is 25.6. The Morgan fingerprint density at radius 1 is 0.971 bits per heavy atom. The molecule has 2 amide bonds. The summed E-state index contributed by atoms with van der Waals surface area (Å²) in [5.41, 5.74) is 2.36. The van der Waals surface area contributed by atoms with Crippen molar-refractivity contribution in [3.05, 3.63) is 94.0 Å². The van der Waals surface area contributed by atoms with Crippen LogP contribution in [0.25, 0.3) is 0 Å². The van der Waals surface area contributed by atoms with Crippen LogP contribution in [0.2, 0.25) is 0 Å². The summed E-state index contributed by atoms with van der Waals surface area (Å²) in [4.78, 5) is 37.3. The quantitative estimate of drug-likeness (QED) is 0.206. The van der Waals surface area contributed by atoms with Gasteiger partial charge in [0.1, 0.15) is 5.25 Å². The Bertz CT molecular complexity index is 1220. The Balaban J connectivity index is 1.84. The smallest absolute Gasteiger partial charge is 0.271 e. The van der Waals surface area contributed by atoms with E-state index >= 15 is 0 Å². The lowest BCUT2D eigenvalue weighted by atomic mass is 9.92. The number of nitrogens with one attached hydrogen (secondary N) is 2. The normalized spacial score (nSPS) is 12.0. The van der Waals surface area contributed by atoms with E-state index in [2.05, 4.69) is 10.6 Å². The first-order chi connectivity index (χ1) is 16.5. The number of amides is 2. The molecule has 0 aliphatic rings. The van der Waals surface area contributed by atoms with Gasteiger partial charge in [0, 0.05) is 29.1 Å². The van der Waals surface area contributed by atoms with Gasteiger partial charge in [-0.3, -0.25) is 19.7 Å². The number of hydrogen-bond donors (Lipinski definition) is 2. The standard InChI is InChI=1S/C27H29N3O4S/c1-18-13-14-21(30(33)34)16-23(18)29-26(32)25(19-9-6-5-7-10-19)35-22-12-8-11-20(15-22)28-24(31)17-27(2,3)4/h5-16,25H,17H2,1-4H3,(H,28,31)(H,29,32). The van der Waals surface area contributed by atoms with Crippen LogP contribution in [0, 0.1) is 22.5 Å². The van der Waals surface area contributed by atoms with Gasteiger partial charge in [-0.25, -0.2) is 0 Å². The SMILES string of the molecule is Cc1ccc([N+](=O)[O-])cc1NC(=O)C(Sc1cccc(NC(=O)CC(C)(C)C)c1)c1ccccc1. The number of nitro groups is 1. The van der Waals surface area contributed by atoms with Gasteiger partial charge in [0.15, 0.2) is 0 Å². The van der Waals surface area contributed by atoms with E-state index in [4.69, 9.17) is 0 Å². The van der Waals surface area contributed by atoms with E-state index < -0.39 is 10.2 Å². The molecule has 1 atom stereocenters. The Morgan fingerprint density at radius 2 is 1.69 bits per heavy atom. The second-order valence-corrected chi connectivity index (χ2v) is 10.6. The van der Waals surface area contributed by atoms with Crippen LogP contribution in [-0.2, 0) is 9.59 Å². The topological polar surface area (TPSA) is 101 Å². The Morgan fingerprint density at radius 3 is 2.34 bits per heavy atom. The van der Waals surface area contributed by atoms with Crippen molar-refractivity contribution in [3.63, 3.8) is 0 Å². The molecule has 182 valence electrons. The van der Waals surface area contributed by atoms with Crippen LogP contribution >= 0.6 is 11.8 Å². The van der Waals surface area contributed by atoms with Gasteiger partial charge < -0.3 is 10.6 Å². The number of nitrogens with zero attached hydrogens (tertiary/aromatic N) is 1. The van der Waals surface area contributed by atoms with E-state index in [0.717, 1.165) is 16.0 Å². The molecule has 7 nitrogen and oxygen atoms in total. The zero-order valence-electron chi connectivity index (χ0n) is 20.2. The maximum Gasteiger partial charge on any atom is 0.271 e. The first-order valence-electron chi connectivity index (χ1n) is 11.2. The van der Waals surface area contributed by atoms with Crippen molar-refractivity contribution in [1.29, 1.82) is 0 Å². The third kappa shape index (κ3) is 7.68. The van der Waals surface area contributed by atoms with E-state index in [1.165, 1.54) is 23.9 Å². The molecule has 1 unspecified atom stereocenters. The number of thioether (sulfide) groups is 1. The average molecular weight is 492 g/mol. The van der Waals surface area contributed by atoms with E-state index in [9.17, 15) is 19.7 Å². The van der Waals surface area contributed by atoms with Crippen molar-refractivity contribution in [2.45, 2.75) is 44.3 Å². The monoisotopic (exact) mass is 491 g/mol. The minimum atomic E-state index is -0.615. The number of carbonyl (C=O) groups is 2. The molecule has 0 aromatic heterocycles. The maximum absolute atomic E-state index is 13.4. The molecule has 2 N–H and O–H groups in total. The summed E-state index contributed by atoms with van der Waals surface area (Å²) in [7, 11) is 0. The summed E-state index contributed by atoms with van der Waals surface area (Å²) in [5.74, 6) is -0.370. The molecule has 0 saturated heterocycles. The third-order valence-electron chi connectivity index (χ3n) is 5.09. The summed E-state index contributed by atoms with van der Waals surface area (Å²) in [6.07, 6.45) is 0.391. The van der Waals surface area contributed by atoms with Gasteiger partial charge in [-0.15, -0.1) is 11.8 Å². The number of benzene rings is 3. The average Bonchev–Trinajstić information content (AvgIpc) is 2.78. The third-order valence-corrected chi connectivity index (χ3v) is 6.34. The van der Waals surface area contributed by atoms with Crippen LogP contribution in [-0.4, -0.2) is 16.7 Å². The molecule has 0 radical (unpaired) electrons. The zero-order valence-corrected chi connectivity index (χ0v) is 21.0. The number of rotatable bonds is 8. The first kappa shape index (κ1) is 26.0. The minimum absolute atomic E-state index is 0.0712. The second-order valence-electron chi connectivity index (χ2n) is 9.47. The lowest BCUT2D eigenvalue weighted by Crippen LogP contribution is -2.20. The molecule has 3 aromatic carbocycles. The molecule has 8 heteroatoms. The van der Waals surface area contributed by atoms with Crippen LogP contribution < -0.4 is 10.6 Å². The number of anilines is 2.